The van der Waals surface area contributed by atoms with Crippen LogP contribution < -0.4 is 0 Å². The maximum absolute atomic E-state index is 9.34. The number of aliphatic hydroxyl groups excluding tert-OH is 1. The molecule has 2 unspecified atom stereocenters. The summed E-state index contributed by atoms with van der Waals surface area (Å²) in [6.07, 6.45) is 5.04. The molecule has 1 saturated carbocycles. The zero-order valence-corrected chi connectivity index (χ0v) is 7.00. The molecule has 2 rings (SSSR count). The van der Waals surface area contributed by atoms with Gasteiger partial charge in [0.05, 0.1) is 6.10 Å². The Bertz CT molecular complexity index is 132. The first-order valence-corrected chi connectivity index (χ1v) is 4.76. The van der Waals surface area contributed by atoms with Crippen LogP contribution in [0.15, 0.2) is 0 Å². The fourth-order valence-electron chi connectivity index (χ4n) is 2.06. The van der Waals surface area contributed by atoms with E-state index in [2.05, 4.69) is 4.90 Å². The third-order valence-electron chi connectivity index (χ3n) is 3.07. The van der Waals surface area contributed by atoms with Crippen LogP contribution in [0, 0.1) is 5.92 Å². The van der Waals surface area contributed by atoms with E-state index >= 15 is 0 Å². The molecule has 0 amide bonds. The second-order valence-electron chi connectivity index (χ2n) is 3.91. The van der Waals surface area contributed by atoms with Crippen LogP contribution in [-0.4, -0.2) is 35.7 Å². The quantitative estimate of drug-likeness (QED) is 0.639. The van der Waals surface area contributed by atoms with Crippen molar-refractivity contribution in [3.63, 3.8) is 0 Å². The zero-order valence-electron chi connectivity index (χ0n) is 7.00. The van der Waals surface area contributed by atoms with Crippen molar-refractivity contribution in [2.45, 2.75) is 31.8 Å². The molecule has 2 heteroatoms. The van der Waals surface area contributed by atoms with Crippen LogP contribution in [0.2, 0.25) is 0 Å². The molecule has 1 saturated heterocycles. The first-order valence-electron chi connectivity index (χ1n) is 4.76. The van der Waals surface area contributed by atoms with Crippen LogP contribution in [-0.2, 0) is 0 Å². The highest BCUT2D eigenvalue weighted by molar-refractivity contribution is 4.83. The van der Waals surface area contributed by atoms with Crippen LogP contribution in [0.4, 0.5) is 0 Å². The fraction of sp³-hybridized carbons (Fsp3) is 1.00. The van der Waals surface area contributed by atoms with Gasteiger partial charge in [0.2, 0.25) is 0 Å². The van der Waals surface area contributed by atoms with E-state index < -0.39 is 0 Å². The maximum Gasteiger partial charge on any atom is 0.0580 e. The standard InChI is InChI=1S/C9H17NO/c11-9-4-3-8(9)7-10-5-1-2-6-10/h8-9,11H,1-7H2. The summed E-state index contributed by atoms with van der Waals surface area (Å²) in [7, 11) is 0. The predicted octanol–water partition coefficient (Wildman–Crippen LogP) is 0.853. The van der Waals surface area contributed by atoms with Crippen molar-refractivity contribution >= 4 is 0 Å². The molecule has 11 heavy (non-hydrogen) atoms. The Morgan fingerprint density at radius 1 is 1.18 bits per heavy atom. The highest BCUT2D eigenvalue weighted by Gasteiger charge is 2.30. The Morgan fingerprint density at radius 3 is 2.36 bits per heavy atom. The molecule has 0 aromatic rings. The largest absolute Gasteiger partial charge is 0.393 e. The minimum atomic E-state index is 0.0237. The van der Waals surface area contributed by atoms with Gasteiger partial charge in [0, 0.05) is 6.54 Å². The maximum atomic E-state index is 9.34. The molecule has 0 bridgehead atoms. The molecule has 1 N–H and O–H groups in total. The lowest BCUT2D eigenvalue weighted by molar-refractivity contribution is 0.00719. The van der Waals surface area contributed by atoms with Crippen molar-refractivity contribution in [2.24, 2.45) is 5.92 Å². The van der Waals surface area contributed by atoms with E-state index in [1.807, 2.05) is 0 Å². The lowest BCUT2D eigenvalue weighted by atomic mass is 9.82. The third-order valence-corrected chi connectivity index (χ3v) is 3.07. The molecular formula is C9H17NO. The topological polar surface area (TPSA) is 23.5 Å². The molecule has 64 valence electrons. The van der Waals surface area contributed by atoms with E-state index in [9.17, 15) is 5.11 Å². The predicted molar refractivity (Wildman–Crippen MR) is 44.4 cm³/mol. The fourth-order valence-corrected chi connectivity index (χ4v) is 2.06. The van der Waals surface area contributed by atoms with Gasteiger partial charge >= 0.3 is 0 Å². The summed E-state index contributed by atoms with van der Waals surface area (Å²) in [6.45, 7) is 3.69. The van der Waals surface area contributed by atoms with Crippen molar-refractivity contribution < 1.29 is 5.11 Å². The lowest BCUT2D eigenvalue weighted by Crippen LogP contribution is -2.40. The Labute approximate surface area is 68.2 Å². The second-order valence-corrected chi connectivity index (χ2v) is 3.91. The Kier molecular flexibility index (Phi) is 2.14. The summed E-state index contributed by atoms with van der Waals surface area (Å²) in [6, 6.07) is 0. The van der Waals surface area contributed by atoms with Gasteiger partial charge in [-0.25, -0.2) is 0 Å². The smallest absolute Gasteiger partial charge is 0.0580 e. The number of hydrogen-bond acceptors (Lipinski definition) is 2. The minimum absolute atomic E-state index is 0.0237. The molecule has 1 aliphatic heterocycles. The first-order chi connectivity index (χ1) is 5.36. The van der Waals surface area contributed by atoms with Gasteiger partial charge < -0.3 is 10.0 Å². The van der Waals surface area contributed by atoms with Gasteiger partial charge in [0.1, 0.15) is 0 Å². The summed E-state index contributed by atoms with van der Waals surface area (Å²) < 4.78 is 0. The first kappa shape index (κ1) is 7.56. The molecule has 0 spiro atoms. The average Bonchev–Trinajstić information content (AvgIpc) is 2.49. The van der Waals surface area contributed by atoms with Crippen molar-refractivity contribution in [1.82, 2.24) is 4.90 Å². The number of aliphatic hydroxyl groups is 1. The molecule has 1 aliphatic carbocycles. The van der Waals surface area contributed by atoms with Crippen LogP contribution in [0.1, 0.15) is 25.7 Å². The SMILES string of the molecule is OC1CCC1CN1CCCC1. The van der Waals surface area contributed by atoms with E-state index in [-0.39, 0.29) is 6.10 Å². The third kappa shape index (κ3) is 1.57. The van der Waals surface area contributed by atoms with Gasteiger partial charge in [0.15, 0.2) is 0 Å². The van der Waals surface area contributed by atoms with Gasteiger partial charge in [-0.15, -0.1) is 0 Å². The van der Waals surface area contributed by atoms with E-state index in [4.69, 9.17) is 0 Å². The second kappa shape index (κ2) is 3.11. The lowest BCUT2D eigenvalue weighted by Gasteiger charge is -2.35. The van der Waals surface area contributed by atoms with Crippen molar-refractivity contribution in [3.05, 3.63) is 0 Å². The van der Waals surface area contributed by atoms with Gasteiger partial charge in [-0.2, -0.15) is 0 Å². The summed E-state index contributed by atoms with van der Waals surface area (Å²) in [5.74, 6) is 0.605. The Hall–Kier alpha value is -0.0800. The van der Waals surface area contributed by atoms with E-state index in [0.29, 0.717) is 5.92 Å². The number of nitrogens with zero attached hydrogens (tertiary/aromatic N) is 1. The molecule has 2 nitrogen and oxygen atoms in total. The molecule has 0 aromatic carbocycles. The molecule has 2 aliphatic rings. The monoisotopic (exact) mass is 155 g/mol. The van der Waals surface area contributed by atoms with E-state index in [1.165, 1.54) is 32.4 Å². The van der Waals surface area contributed by atoms with Gasteiger partial charge in [-0.3, -0.25) is 0 Å². The Morgan fingerprint density at radius 2 is 1.91 bits per heavy atom. The number of hydrogen-bond donors (Lipinski definition) is 1. The zero-order chi connectivity index (χ0) is 7.68. The molecule has 2 fully saturated rings. The van der Waals surface area contributed by atoms with E-state index in [1.54, 1.807) is 0 Å². The average molecular weight is 155 g/mol. The Balaban J connectivity index is 1.72. The number of likely N-dealkylation sites (tertiary alicyclic amines) is 1. The van der Waals surface area contributed by atoms with Gasteiger partial charge in [-0.05, 0) is 44.7 Å². The molecule has 2 atom stereocenters. The highest BCUT2D eigenvalue weighted by Crippen LogP contribution is 2.28. The summed E-state index contributed by atoms with van der Waals surface area (Å²) >= 11 is 0. The van der Waals surface area contributed by atoms with Crippen LogP contribution in [0.3, 0.4) is 0 Å². The van der Waals surface area contributed by atoms with Gasteiger partial charge in [-0.1, -0.05) is 0 Å². The summed E-state index contributed by atoms with van der Waals surface area (Å²) in [5.41, 5.74) is 0. The molecule has 1 heterocycles. The van der Waals surface area contributed by atoms with Crippen molar-refractivity contribution in [1.29, 1.82) is 0 Å². The van der Waals surface area contributed by atoms with Gasteiger partial charge in [0.25, 0.3) is 0 Å². The normalized spacial score (nSPS) is 39.0. The summed E-state index contributed by atoms with van der Waals surface area (Å²) in [4.78, 5) is 2.49. The molecule has 0 aromatic heterocycles. The highest BCUT2D eigenvalue weighted by atomic mass is 16.3. The molecule has 0 radical (unpaired) electrons. The van der Waals surface area contributed by atoms with Crippen LogP contribution >= 0.6 is 0 Å². The van der Waals surface area contributed by atoms with Crippen LogP contribution in [0.25, 0.3) is 0 Å². The summed E-state index contributed by atoms with van der Waals surface area (Å²) in [5, 5.41) is 9.34. The van der Waals surface area contributed by atoms with Crippen molar-refractivity contribution in [2.75, 3.05) is 19.6 Å². The minimum Gasteiger partial charge on any atom is -0.393 e. The van der Waals surface area contributed by atoms with Crippen LogP contribution in [0.5, 0.6) is 0 Å². The number of rotatable bonds is 2. The van der Waals surface area contributed by atoms with Crippen molar-refractivity contribution in [3.8, 4) is 0 Å². The molecular weight excluding hydrogens is 138 g/mol. The van der Waals surface area contributed by atoms with E-state index in [0.717, 1.165) is 13.0 Å².